The van der Waals surface area contributed by atoms with Crippen molar-refractivity contribution in [2.75, 3.05) is 0 Å². The van der Waals surface area contributed by atoms with Gasteiger partial charge in [0.2, 0.25) is 11.7 Å². The van der Waals surface area contributed by atoms with E-state index in [0.29, 0.717) is 23.9 Å². The van der Waals surface area contributed by atoms with Crippen LogP contribution in [-0.2, 0) is 6.42 Å². The van der Waals surface area contributed by atoms with Crippen LogP contribution in [0.2, 0.25) is 0 Å². The van der Waals surface area contributed by atoms with Gasteiger partial charge in [0.15, 0.2) is 0 Å². The van der Waals surface area contributed by atoms with Gasteiger partial charge in [0, 0.05) is 0 Å². The molecule has 0 saturated carbocycles. The molecule has 0 bridgehead atoms. The van der Waals surface area contributed by atoms with E-state index in [2.05, 4.69) is 9.97 Å². The quantitative estimate of drug-likeness (QED) is 0.920. The van der Waals surface area contributed by atoms with Crippen molar-refractivity contribution in [3.63, 3.8) is 0 Å². The summed E-state index contributed by atoms with van der Waals surface area (Å²) in [4.78, 5) is 20.2. The summed E-state index contributed by atoms with van der Waals surface area (Å²) < 4.78 is 5.34. The first kappa shape index (κ1) is 12.8. The zero-order valence-corrected chi connectivity index (χ0v) is 11.2. The maximum atomic E-state index is 11.1. The number of aromatic carboxylic acids is 1. The lowest BCUT2D eigenvalue weighted by atomic mass is 10.1. The molecule has 2 aromatic rings. The van der Waals surface area contributed by atoms with Crippen molar-refractivity contribution in [2.45, 2.75) is 27.2 Å². The molecule has 0 radical (unpaired) electrons. The molecular weight excluding hydrogens is 252 g/mol. The summed E-state index contributed by atoms with van der Waals surface area (Å²) in [6.45, 7) is 5.90. The average Bonchev–Trinajstić information content (AvgIpc) is 2.83. The molecule has 2 heterocycles. The Hall–Kier alpha value is -1.69. The lowest BCUT2D eigenvalue weighted by Gasteiger charge is -1.99. The third kappa shape index (κ3) is 2.59. The normalized spacial score (nSPS) is 11.1. The van der Waals surface area contributed by atoms with Crippen molar-refractivity contribution in [3.8, 4) is 10.8 Å². The zero-order chi connectivity index (χ0) is 13.3. The molecule has 2 aromatic heterocycles. The predicted octanol–water partition coefficient (Wildman–Crippen LogP) is 3.00. The maximum absolute atomic E-state index is 11.1. The van der Waals surface area contributed by atoms with E-state index in [9.17, 15) is 4.79 Å². The first-order valence-corrected chi connectivity index (χ1v) is 6.44. The predicted molar refractivity (Wildman–Crippen MR) is 67.8 cm³/mol. The Morgan fingerprint density at radius 3 is 2.78 bits per heavy atom. The number of nitrogens with zero attached hydrogens (tertiary/aromatic N) is 2. The van der Waals surface area contributed by atoms with Crippen LogP contribution in [0.3, 0.4) is 0 Å². The van der Waals surface area contributed by atoms with Gasteiger partial charge in [-0.1, -0.05) is 13.8 Å². The van der Waals surface area contributed by atoms with Crippen molar-refractivity contribution < 1.29 is 14.3 Å². The molecular formula is C12H14N2O3S. The molecule has 0 fully saturated rings. The molecule has 18 heavy (non-hydrogen) atoms. The summed E-state index contributed by atoms with van der Waals surface area (Å²) in [7, 11) is 0. The van der Waals surface area contributed by atoms with Crippen LogP contribution in [0.15, 0.2) is 10.6 Å². The van der Waals surface area contributed by atoms with Crippen LogP contribution in [0, 0.1) is 12.8 Å². The second-order valence-electron chi connectivity index (χ2n) is 4.44. The van der Waals surface area contributed by atoms with Crippen LogP contribution < -0.4 is 0 Å². The molecule has 1 N–H and O–H groups in total. The Bertz CT molecular complexity index is 572. The summed E-state index contributed by atoms with van der Waals surface area (Å²) in [5.41, 5.74) is 0.499. The van der Waals surface area contributed by atoms with Crippen LogP contribution in [-0.4, -0.2) is 21.0 Å². The third-order valence-electron chi connectivity index (χ3n) is 2.33. The standard InChI is InChI=1S/C12H14N2O3S/c1-6(2)4-8-10(12(15)16)17-11(14-8)9-5-13-7(3)18-9/h5-6H,4H2,1-3H3,(H,15,16). The topological polar surface area (TPSA) is 76.2 Å². The fraction of sp³-hybridized carbons (Fsp3) is 0.417. The lowest BCUT2D eigenvalue weighted by molar-refractivity contribution is 0.0661. The van der Waals surface area contributed by atoms with Gasteiger partial charge in [0.05, 0.1) is 16.9 Å². The van der Waals surface area contributed by atoms with Crippen LogP contribution >= 0.6 is 11.3 Å². The Balaban J connectivity index is 2.42. The second kappa shape index (κ2) is 4.89. The largest absolute Gasteiger partial charge is 0.475 e. The Kier molecular flexibility index (Phi) is 3.47. The van der Waals surface area contributed by atoms with Gasteiger partial charge in [0.25, 0.3) is 0 Å². The number of hydrogen-bond donors (Lipinski definition) is 1. The maximum Gasteiger partial charge on any atom is 0.373 e. The van der Waals surface area contributed by atoms with Gasteiger partial charge in [-0.25, -0.2) is 14.8 Å². The zero-order valence-electron chi connectivity index (χ0n) is 10.4. The number of carboxylic acids is 1. The molecule has 0 atom stereocenters. The Labute approximate surface area is 109 Å². The smallest absolute Gasteiger partial charge is 0.373 e. The molecule has 0 saturated heterocycles. The molecule has 0 aliphatic rings. The van der Waals surface area contributed by atoms with Gasteiger partial charge in [-0.15, -0.1) is 11.3 Å². The number of aromatic nitrogens is 2. The van der Waals surface area contributed by atoms with Crippen LogP contribution in [0.4, 0.5) is 0 Å². The summed E-state index contributed by atoms with van der Waals surface area (Å²) in [5, 5.41) is 9.99. The van der Waals surface area contributed by atoms with Crippen molar-refractivity contribution >= 4 is 17.3 Å². The van der Waals surface area contributed by atoms with E-state index < -0.39 is 5.97 Å². The highest BCUT2D eigenvalue weighted by molar-refractivity contribution is 7.14. The van der Waals surface area contributed by atoms with Crippen LogP contribution in [0.25, 0.3) is 10.8 Å². The first-order valence-electron chi connectivity index (χ1n) is 5.63. The van der Waals surface area contributed by atoms with Crippen molar-refractivity contribution in [2.24, 2.45) is 5.92 Å². The molecule has 96 valence electrons. The van der Waals surface area contributed by atoms with Gasteiger partial charge in [-0.05, 0) is 19.3 Å². The number of rotatable bonds is 4. The minimum absolute atomic E-state index is 0.0650. The number of aryl methyl sites for hydroxylation is 1. The van der Waals surface area contributed by atoms with Crippen molar-refractivity contribution in [1.29, 1.82) is 0 Å². The summed E-state index contributed by atoms with van der Waals surface area (Å²) in [5.74, 6) is -0.478. The highest BCUT2D eigenvalue weighted by Crippen LogP contribution is 2.28. The molecule has 0 aliphatic carbocycles. The van der Waals surface area contributed by atoms with Gasteiger partial charge >= 0.3 is 5.97 Å². The Morgan fingerprint density at radius 2 is 2.28 bits per heavy atom. The minimum Gasteiger partial charge on any atom is -0.475 e. The monoisotopic (exact) mass is 266 g/mol. The van der Waals surface area contributed by atoms with E-state index in [1.165, 1.54) is 11.3 Å². The average molecular weight is 266 g/mol. The number of hydrogen-bond acceptors (Lipinski definition) is 5. The molecule has 0 aliphatic heterocycles. The van der Waals surface area contributed by atoms with Gasteiger partial charge in [-0.2, -0.15) is 0 Å². The number of carbonyl (C=O) groups is 1. The number of thiazole rings is 1. The van der Waals surface area contributed by atoms with Crippen molar-refractivity contribution in [1.82, 2.24) is 9.97 Å². The summed E-state index contributed by atoms with van der Waals surface area (Å²) in [6, 6.07) is 0. The van der Waals surface area contributed by atoms with Gasteiger partial charge in [0.1, 0.15) is 4.88 Å². The fourth-order valence-corrected chi connectivity index (χ4v) is 2.31. The van der Waals surface area contributed by atoms with Crippen LogP contribution in [0.1, 0.15) is 35.1 Å². The SMILES string of the molecule is Cc1ncc(-c2nc(CC(C)C)c(C(=O)O)o2)s1. The number of oxazole rings is 1. The van der Waals surface area contributed by atoms with E-state index in [-0.39, 0.29) is 5.76 Å². The van der Waals surface area contributed by atoms with E-state index in [0.717, 1.165) is 9.88 Å². The van der Waals surface area contributed by atoms with Crippen LogP contribution in [0.5, 0.6) is 0 Å². The van der Waals surface area contributed by atoms with Gasteiger partial charge < -0.3 is 9.52 Å². The van der Waals surface area contributed by atoms with E-state index in [1.54, 1.807) is 6.20 Å². The van der Waals surface area contributed by atoms with E-state index in [4.69, 9.17) is 9.52 Å². The summed E-state index contributed by atoms with van der Waals surface area (Å²) in [6.07, 6.45) is 2.24. The molecule has 0 unspecified atom stereocenters. The minimum atomic E-state index is -1.08. The molecule has 0 spiro atoms. The molecule has 6 heteroatoms. The highest BCUT2D eigenvalue weighted by atomic mass is 32.1. The van der Waals surface area contributed by atoms with E-state index >= 15 is 0 Å². The molecule has 0 aromatic carbocycles. The third-order valence-corrected chi connectivity index (χ3v) is 3.23. The van der Waals surface area contributed by atoms with Gasteiger partial charge in [-0.3, -0.25) is 0 Å². The van der Waals surface area contributed by atoms with E-state index in [1.807, 2.05) is 20.8 Å². The first-order chi connectivity index (χ1) is 8.47. The summed E-state index contributed by atoms with van der Waals surface area (Å²) >= 11 is 1.43. The number of carboxylic acid groups (broad SMARTS) is 1. The Morgan fingerprint density at radius 1 is 1.56 bits per heavy atom. The molecule has 5 nitrogen and oxygen atoms in total. The second-order valence-corrected chi connectivity index (χ2v) is 5.68. The molecule has 0 amide bonds. The molecule has 2 rings (SSSR count). The fourth-order valence-electron chi connectivity index (χ4n) is 1.61. The van der Waals surface area contributed by atoms with Crippen molar-refractivity contribution in [3.05, 3.63) is 22.7 Å². The highest BCUT2D eigenvalue weighted by Gasteiger charge is 2.21. The lowest BCUT2D eigenvalue weighted by Crippen LogP contribution is -2.03.